The number of hydrogen-bond donors (Lipinski definition) is 3. The molecule has 0 aliphatic carbocycles. The monoisotopic (exact) mass is 487 g/mol. The minimum atomic E-state index is -0.542. The fourth-order valence-corrected chi connectivity index (χ4v) is 4.66. The Hall–Kier alpha value is -3.23. The normalized spacial score (nSPS) is 10.6. The maximum Gasteiger partial charge on any atom is 0.262 e. The minimum Gasteiger partial charge on any atom is -0.342 e. The molecule has 0 aliphatic heterocycles. The van der Waals surface area contributed by atoms with E-state index in [1.54, 1.807) is 13.0 Å². The molecular formula is C24H23ClFN3O3S. The summed E-state index contributed by atoms with van der Waals surface area (Å²) in [5, 5.41) is 8.53. The highest BCUT2D eigenvalue weighted by molar-refractivity contribution is 7.18. The largest absolute Gasteiger partial charge is 0.342 e. The van der Waals surface area contributed by atoms with E-state index in [0.717, 1.165) is 45.8 Å². The van der Waals surface area contributed by atoms with Gasteiger partial charge in [-0.3, -0.25) is 14.4 Å². The molecule has 0 saturated carbocycles. The summed E-state index contributed by atoms with van der Waals surface area (Å²) >= 11 is 7.00. The van der Waals surface area contributed by atoms with E-state index in [9.17, 15) is 18.8 Å². The number of rotatable bonds is 6. The zero-order chi connectivity index (χ0) is 24.3. The summed E-state index contributed by atoms with van der Waals surface area (Å²) in [6.45, 7) is 7.34. The molecule has 0 unspecified atom stereocenters. The number of carbonyl (C=O) groups excluding carboxylic acids is 3. The number of aryl methyl sites for hydroxylation is 4. The van der Waals surface area contributed by atoms with Crippen LogP contribution in [-0.2, 0) is 4.79 Å². The number of nitrogens with one attached hydrogen (secondary N) is 3. The Labute approximate surface area is 200 Å². The van der Waals surface area contributed by atoms with Gasteiger partial charge in [-0.2, -0.15) is 0 Å². The zero-order valence-corrected chi connectivity index (χ0v) is 20.1. The Kier molecular flexibility index (Phi) is 7.50. The van der Waals surface area contributed by atoms with E-state index in [1.165, 1.54) is 6.07 Å². The van der Waals surface area contributed by atoms with Gasteiger partial charge in [-0.1, -0.05) is 29.3 Å². The van der Waals surface area contributed by atoms with E-state index >= 15 is 0 Å². The third-order valence-electron chi connectivity index (χ3n) is 4.89. The molecule has 1 aromatic heterocycles. The van der Waals surface area contributed by atoms with Crippen molar-refractivity contribution in [1.82, 2.24) is 5.32 Å². The van der Waals surface area contributed by atoms with Crippen molar-refractivity contribution >= 4 is 51.3 Å². The standard InChI is InChI=1S/C24H23ClFN3O3S/c1-12-7-13(2)21(14(3)8-12)28-19(30)11-27-24(32)22-15(4)9-20(33-22)29-23(31)17-6-5-16(26)10-18(17)25/h5-10H,11H2,1-4H3,(H,27,32)(H,28,30)(H,29,31). The lowest BCUT2D eigenvalue weighted by Gasteiger charge is -2.13. The van der Waals surface area contributed by atoms with Crippen LogP contribution in [0.15, 0.2) is 36.4 Å². The van der Waals surface area contributed by atoms with Crippen molar-refractivity contribution in [2.45, 2.75) is 27.7 Å². The van der Waals surface area contributed by atoms with Crippen LogP contribution in [0.25, 0.3) is 0 Å². The van der Waals surface area contributed by atoms with Crippen LogP contribution in [0.1, 0.15) is 42.3 Å². The van der Waals surface area contributed by atoms with Gasteiger partial charge in [0.25, 0.3) is 11.8 Å². The lowest BCUT2D eigenvalue weighted by atomic mass is 10.1. The lowest BCUT2D eigenvalue weighted by Crippen LogP contribution is -2.33. The Morgan fingerprint density at radius 3 is 2.21 bits per heavy atom. The number of benzene rings is 2. The minimum absolute atomic E-state index is 0.0104. The number of anilines is 2. The second-order valence-corrected chi connectivity index (χ2v) is 9.17. The van der Waals surface area contributed by atoms with Crippen LogP contribution in [0, 0.1) is 33.5 Å². The van der Waals surface area contributed by atoms with Crippen LogP contribution in [0.2, 0.25) is 5.02 Å². The maximum absolute atomic E-state index is 13.2. The average molecular weight is 488 g/mol. The van der Waals surface area contributed by atoms with Gasteiger partial charge in [0.2, 0.25) is 5.91 Å². The quantitative estimate of drug-likeness (QED) is 0.435. The molecule has 33 heavy (non-hydrogen) atoms. The molecule has 172 valence electrons. The predicted molar refractivity (Wildman–Crippen MR) is 130 cm³/mol. The smallest absolute Gasteiger partial charge is 0.262 e. The number of amides is 3. The maximum atomic E-state index is 13.2. The van der Waals surface area contributed by atoms with Crippen molar-refractivity contribution in [2.75, 3.05) is 17.2 Å². The molecular weight excluding hydrogens is 465 g/mol. The molecule has 0 atom stereocenters. The first-order valence-corrected chi connectivity index (χ1v) is 11.3. The summed E-state index contributed by atoms with van der Waals surface area (Å²) in [4.78, 5) is 37.8. The summed E-state index contributed by atoms with van der Waals surface area (Å²) in [7, 11) is 0. The van der Waals surface area contributed by atoms with E-state index in [1.807, 2.05) is 32.9 Å². The molecule has 0 spiro atoms. The Morgan fingerprint density at radius 1 is 0.909 bits per heavy atom. The van der Waals surface area contributed by atoms with Crippen molar-refractivity contribution in [3.05, 3.63) is 79.9 Å². The molecule has 0 aliphatic rings. The fraction of sp³-hybridized carbons (Fsp3) is 0.208. The summed E-state index contributed by atoms with van der Waals surface area (Å²) in [6.07, 6.45) is 0. The topological polar surface area (TPSA) is 87.3 Å². The van der Waals surface area contributed by atoms with Crippen LogP contribution < -0.4 is 16.0 Å². The van der Waals surface area contributed by atoms with Gasteiger partial charge in [-0.05, 0) is 68.7 Å². The summed E-state index contributed by atoms with van der Waals surface area (Å²) in [5.74, 6) is -1.83. The Morgan fingerprint density at radius 2 is 1.58 bits per heavy atom. The van der Waals surface area contributed by atoms with Crippen molar-refractivity contribution in [2.24, 2.45) is 0 Å². The highest BCUT2D eigenvalue weighted by Gasteiger charge is 2.18. The number of carbonyl (C=O) groups is 3. The lowest BCUT2D eigenvalue weighted by molar-refractivity contribution is -0.115. The second-order valence-electron chi connectivity index (χ2n) is 7.71. The van der Waals surface area contributed by atoms with E-state index in [2.05, 4.69) is 16.0 Å². The van der Waals surface area contributed by atoms with Crippen LogP contribution in [-0.4, -0.2) is 24.3 Å². The van der Waals surface area contributed by atoms with Gasteiger partial charge in [-0.25, -0.2) is 4.39 Å². The fourth-order valence-electron chi connectivity index (χ4n) is 3.42. The molecule has 1 heterocycles. The molecule has 3 amide bonds. The third-order valence-corrected chi connectivity index (χ3v) is 6.35. The third kappa shape index (κ3) is 5.97. The van der Waals surface area contributed by atoms with Crippen LogP contribution in [0.5, 0.6) is 0 Å². The molecule has 9 heteroatoms. The molecule has 3 rings (SSSR count). The summed E-state index contributed by atoms with van der Waals surface area (Å²) < 4.78 is 13.2. The Balaban J connectivity index is 1.62. The number of thiophene rings is 1. The van der Waals surface area contributed by atoms with Gasteiger partial charge < -0.3 is 16.0 Å². The van der Waals surface area contributed by atoms with Crippen molar-refractivity contribution in [3.8, 4) is 0 Å². The Bertz CT molecular complexity index is 1230. The second kappa shape index (κ2) is 10.1. The van der Waals surface area contributed by atoms with Crippen LogP contribution in [0.3, 0.4) is 0 Å². The van der Waals surface area contributed by atoms with Crippen molar-refractivity contribution < 1.29 is 18.8 Å². The van der Waals surface area contributed by atoms with Gasteiger partial charge >= 0.3 is 0 Å². The summed E-state index contributed by atoms with van der Waals surface area (Å²) in [6, 6.07) is 9.09. The van der Waals surface area contributed by atoms with Gasteiger partial charge in [0.05, 0.1) is 27.0 Å². The first-order chi connectivity index (χ1) is 15.5. The van der Waals surface area contributed by atoms with Gasteiger partial charge in [0, 0.05) is 5.69 Å². The summed E-state index contributed by atoms with van der Waals surface area (Å²) in [5.41, 5.74) is 4.49. The van der Waals surface area contributed by atoms with Crippen LogP contribution in [0.4, 0.5) is 15.1 Å². The van der Waals surface area contributed by atoms with Gasteiger partial charge in [-0.15, -0.1) is 11.3 Å². The molecule has 0 radical (unpaired) electrons. The average Bonchev–Trinajstić information content (AvgIpc) is 3.08. The van der Waals surface area contributed by atoms with Gasteiger partial charge in [0.15, 0.2) is 0 Å². The molecule has 0 saturated heterocycles. The predicted octanol–water partition coefficient (Wildman–Crippen LogP) is 5.40. The highest BCUT2D eigenvalue weighted by Crippen LogP contribution is 2.28. The number of halogens is 2. The van der Waals surface area contributed by atoms with E-state index in [-0.39, 0.29) is 23.0 Å². The van der Waals surface area contributed by atoms with Crippen molar-refractivity contribution in [1.29, 1.82) is 0 Å². The first-order valence-electron chi connectivity index (χ1n) is 10.1. The van der Waals surface area contributed by atoms with Crippen molar-refractivity contribution in [3.63, 3.8) is 0 Å². The molecule has 6 nitrogen and oxygen atoms in total. The molecule has 0 fully saturated rings. The van der Waals surface area contributed by atoms with E-state index in [0.29, 0.717) is 15.4 Å². The SMILES string of the molecule is Cc1cc(C)c(NC(=O)CNC(=O)c2sc(NC(=O)c3ccc(F)cc3Cl)cc2C)c(C)c1. The first kappa shape index (κ1) is 24.4. The van der Waals surface area contributed by atoms with Gasteiger partial charge in [0.1, 0.15) is 5.82 Å². The molecule has 0 bridgehead atoms. The van der Waals surface area contributed by atoms with Crippen LogP contribution >= 0.6 is 22.9 Å². The molecule has 2 aromatic carbocycles. The van der Waals surface area contributed by atoms with E-state index in [4.69, 9.17) is 11.6 Å². The van der Waals surface area contributed by atoms with E-state index < -0.39 is 17.6 Å². The number of hydrogen-bond acceptors (Lipinski definition) is 4. The zero-order valence-electron chi connectivity index (χ0n) is 18.6. The molecule has 3 aromatic rings. The molecule has 3 N–H and O–H groups in total. The highest BCUT2D eigenvalue weighted by atomic mass is 35.5.